The highest BCUT2D eigenvalue weighted by Crippen LogP contribution is 2.31. The average Bonchev–Trinajstić information content (AvgIpc) is 2.43. The second-order valence-corrected chi connectivity index (χ2v) is 5.16. The highest BCUT2D eigenvalue weighted by Gasteiger charge is 2.31. The minimum atomic E-state index is -0.528. The van der Waals surface area contributed by atoms with Crippen molar-refractivity contribution in [1.82, 2.24) is 0 Å². The van der Waals surface area contributed by atoms with Gasteiger partial charge < -0.3 is 5.32 Å². The average molecular weight is 288 g/mol. The Hall–Kier alpha value is -2.01. The van der Waals surface area contributed by atoms with E-state index in [1.165, 1.54) is 11.0 Å². The van der Waals surface area contributed by atoms with E-state index in [2.05, 4.69) is 17.9 Å². The van der Waals surface area contributed by atoms with Crippen LogP contribution < -0.4 is 10.2 Å². The fourth-order valence-electron chi connectivity index (χ4n) is 2.23. The van der Waals surface area contributed by atoms with E-state index in [0.717, 1.165) is 5.69 Å². The Bertz CT molecular complexity index is 689. The summed E-state index contributed by atoms with van der Waals surface area (Å²) in [6.45, 7) is 1.68. The summed E-state index contributed by atoms with van der Waals surface area (Å²) in [4.78, 5) is 14.0. The Morgan fingerprint density at radius 3 is 2.75 bits per heavy atom. The third kappa shape index (κ3) is 2.04. The zero-order chi connectivity index (χ0) is 14.3. The number of benzene rings is 2. The van der Waals surface area contributed by atoms with Crippen LogP contribution in [0.4, 0.5) is 15.8 Å². The Morgan fingerprint density at radius 1 is 1.25 bits per heavy atom. The SMILES string of the molecule is Cc1ccc(N2C(=O)c3ccccc3NC2S)cc1F. The van der Waals surface area contributed by atoms with Crippen molar-refractivity contribution in [2.24, 2.45) is 0 Å². The number of amides is 1. The molecule has 20 heavy (non-hydrogen) atoms. The second-order valence-electron chi connectivity index (χ2n) is 4.67. The summed E-state index contributed by atoms with van der Waals surface area (Å²) in [5, 5.41) is 3.12. The summed E-state index contributed by atoms with van der Waals surface area (Å²) in [6.07, 6.45) is 0. The molecular weight excluding hydrogens is 275 g/mol. The maximum absolute atomic E-state index is 13.7. The minimum Gasteiger partial charge on any atom is -0.356 e. The molecule has 0 saturated heterocycles. The summed E-state index contributed by atoms with van der Waals surface area (Å²) in [6, 6.07) is 11.9. The van der Waals surface area contributed by atoms with E-state index in [9.17, 15) is 9.18 Å². The number of aryl methyl sites for hydroxylation is 1. The third-order valence-electron chi connectivity index (χ3n) is 3.34. The molecule has 1 N–H and O–H groups in total. The lowest BCUT2D eigenvalue weighted by Crippen LogP contribution is -2.46. The van der Waals surface area contributed by atoms with Gasteiger partial charge in [-0.2, -0.15) is 0 Å². The van der Waals surface area contributed by atoms with E-state index < -0.39 is 5.50 Å². The van der Waals surface area contributed by atoms with Gasteiger partial charge in [0.15, 0.2) is 5.50 Å². The summed E-state index contributed by atoms with van der Waals surface area (Å²) in [5.74, 6) is -0.530. The molecular formula is C15H13FN2OS. The molecule has 102 valence electrons. The fourth-order valence-corrected chi connectivity index (χ4v) is 2.61. The minimum absolute atomic E-state index is 0.192. The molecule has 3 rings (SSSR count). The Balaban J connectivity index is 2.06. The molecule has 1 aliphatic rings. The first-order chi connectivity index (χ1) is 9.58. The molecule has 3 nitrogen and oxygen atoms in total. The number of anilines is 2. The van der Waals surface area contributed by atoms with Crippen LogP contribution in [0.25, 0.3) is 0 Å². The zero-order valence-electron chi connectivity index (χ0n) is 10.8. The van der Waals surface area contributed by atoms with E-state index in [1.54, 1.807) is 31.2 Å². The van der Waals surface area contributed by atoms with Crippen LogP contribution in [0.5, 0.6) is 0 Å². The number of rotatable bonds is 1. The van der Waals surface area contributed by atoms with Gasteiger partial charge in [-0.05, 0) is 36.8 Å². The van der Waals surface area contributed by atoms with Crippen molar-refractivity contribution < 1.29 is 9.18 Å². The number of hydrogen-bond acceptors (Lipinski definition) is 3. The predicted molar refractivity (Wildman–Crippen MR) is 80.8 cm³/mol. The summed E-state index contributed by atoms with van der Waals surface area (Å²) in [7, 11) is 0. The fraction of sp³-hybridized carbons (Fsp3) is 0.133. The normalized spacial score (nSPS) is 17.6. The molecule has 0 aromatic heterocycles. The number of nitrogens with one attached hydrogen (secondary N) is 1. The van der Waals surface area contributed by atoms with E-state index in [0.29, 0.717) is 16.8 Å². The lowest BCUT2D eigenvalue weighted by atomic mass is 10.1. The molecule has 0 radical (unpaired) electrons. The van der Waals surface area contributed by atoms with Gasteiger partial charge in [0.2, 0.25) is 0 Å². The molecule has 0 aliphatic carbocycles. The third-order valence-corrected chi connectivity index (χ3v) is 3.70. The van der Waals surface area contributed by atoms with Gasteiger partial charge in [-0.3, -0.25) is 9.69 Å². The van der Waals surface area contributed by atoms with Gasteiger partial charge >= 0.3 is 0 Å². The van der Waals surface area contributed by atoms with E-state index in [4.69, 9.17) is 0 Å². The first kappa shape index (κ1) is 13.0. The van der Waals surface area contributed by atoms with E-state index >= 15 is 0 Å². The zero-order valence-corrected chi connectivity index (χ0v) is 11.7. The summed E-state index contributed by atoms with van der Waals surface area (Å²) in [5.41, 5.74) is 1.79. The first-order valence-electron chi connectivity index (χ1n) is 6.21. The molecule has 2 aromatic carbocycles. The van der Waals surface area contributed by atoms with Crippen LogP contribution in [0.2, 0.25) is 0 Å². The van der Waals surface area contributed by atoms with Crippen molar-refractivity contribution in [3.63, 3.8) is 0 Å². The number of fused-ring (bicyclic) bond motifs is 1. The molecule has 1 aliphatic heterocycles. The maximum atomic E-state index is 13.7. The van der Waals surface area contributed by atoms with E-state index in [1.807, 2.05) is 12.1 Å². The molecule has 5 heteroatoms. The maximum Gasteiger partial charge on any atom is 0.262 e. The van der Waals surface area contributed by atoms with Gasteiger partial charge in [0.05, 0.1) is 5.56 Å². The van der Waals surface area contributed by atoms with Gasteiger partial charge in [0, 0.05) is 11.4 Å². The van der Waals surface area contributed by atoms with Gasteiger partial charge in [0.1, 0.15) is 5.82 Å². The number of carbonyl (C=O) groups is 1. The molecule has 0 spiro atoms. The number of para-hydroxylation sites is 1. The number of thiol groups is 1. The Labute approximate surface area is 121 Å². The van der Waals surface area contributed by atoms with E-state index in [-0.39, 0.29) is 11.7 Å². The number of carbonyl (C=O) groups excluding carboxylic acids is 1. The predicted octanol–water partition coefficient (Wildman–Crippen LogP) is 3.42. The quantitative estimate of drug-likeness (QED) is 0.788. The van der Waals surface area contributed by atoms with Crippen molar-refractivity contribution in [2.75, 3.05) is 10.2 Å². The number of halogens is 1. The monoisotopic (exact) mass is 288 g/mol. The number of nitrogens with zero attached hydrogens (tertiary/aromatic N) is 1. The summed E-state index contributed by atoms with van der Waals surface area (Å²) < 4.78 is 13.7. The molecule has 1 amide bonds. The highest BCUT2D eigenvalue weighted by atomic mass is 32.1. The molecule has 1 heterocycles. The largest absolute Gasteiger partial charge is 0.356 e. The van der Waals surface area contributed by atoms with Crippen molar-refractivity contribution in [3.8, 4) is 0 Å². The van der Waals surface area contributed by atoms with Crippen LogP contribution in [-0.2, 0) is 0 Å². The molecule has 1 unspecified atom stereocenters. The lowest BCUT2D eigenvalue weighted by molar-refractivity contribution is 0.0983. The molecule has 2 aromatic rings. The van der Waals surface area contributed by atoms with Crippen molar-refractivity contribution in [1.29, 1.82) is 0 Å². The van der Waals surface area contributed by atoms with Crippen molar-refractivity contribution in [2.45, 2.75) is 12.4 Å². The first-order valence-corrected chi connectivity index (χ1v) is 6.73. The van der Waals surface area contributed by atoms with Gasteiger partial charge in [-0.15, -0.1) is 12.6 Å². The standard InChI is InChI=1S/C15H13FN2OS/c1-9-6-7-10(8-12(9)16)18-14(19)11-4-2-3-5-13(11)17-15(18)20/h2-8,15,17,20H,1H3. The summed E-state index contributed by atoms with van der Waals surface area (Å²) >= 11 is 4.38. The van der Waals surface area contributed by atoms with Crippen LogP contribution in [0.15, 0.2) is 42.5 Å². The Kier molecular flexibility index (Phi) is 3.14. The van der Waals surface area contributed by atoms with Gasteiger partial charge in [-0.1, -0.05) is 18.2 Å². The van der Waals surface area contributed by atoms with Crippen LogP contribution >= 0.6 is 12.6 Å². The lowest BCUT2D eigenvalue weighted by Gasteiger charge is -2.35. The molecule has 0 bridgehead atoms. The van der Waals surface area contributed by atoms with Crippen LogP contribution in [0, 0.1) is 12.7 Å². The van der Waals surface area contributed by atoms with Gasteiger partial charge in [0.25, 0.3) is 5.91 Å². The van der Waals surface area contributed by atoms with Crippen molar-refractivity contribution in [3.05, 3.63) is 59.4 Å². The highest BCUT2D eigenvalue weighted by molar-refractivity contribution is 7.81. The van der Waals surface area contributed by atoms with Crippen molar-refractivity contribution >= 4 is 29.9 Å². The topological polar surface area (TPSA) is 32.3 Å². The van der Waals surface area contributed by atoms with Gasteiger partial charge in [-0.25, -0.2) is 4.39 Å². The van der Waals surface area contributed by atoms with Crippen LogP contribution in [0.1, 0.15) is 15.9 Å². The number of hydrogen-bond donors (Lipinski definition) is 2. The van der Waals surface area contributed by atoms with Crippen LogP contribution in [-0.4, -0.2) is 11.4 Å². The molecule has 0 saturated carbocycles. The smallest absolute Gasteiger partial charge is 0.262 e. The van der Waals surface area contributed by atoms with Crippen LogP contribution in [0.3, 0.4) is 0 Å². The molecule has 0 fully saturated rings. The Morgan fingerprint density at radius 2 is 2.00 bits per heavy atom. The second kappa shape index (κ2) is 4.83. The molecule has 1 atom stereocenters.